The number of alkyl halides is 3. The van der Waals surface area contributed by atoms with Gasteiger partial charge in [-0.25, -0.2) is 0 Å². The number of nitrogens with zero attached hydrogens (tertiary/aromatic N) is 2. The van der Waals surface area contributed by atoms with E-state index in [-0.39, 0.29) is 5.84 Å². The smallest absolute Gasteiger partial charge is 0.384 e. The van der Waals surface area contributed by atoms with Gasteiger partial charge in [-0.2, -0.15) is 13.2 Å². The Morgan fingerprint density at radius 2 is 1.86 bits per heavy atom. The van der Waals surface area contributed by atoms with Crippen molar-refractivity contribution in [2.75, 3.05) is 37.6 Å². The molecule has 116 valence electrons. The summed E-state index contributed by atoms with van der Waals surface area (Å²) in [5.74, 6) is -0.0709. The number of hydrogen-bond acceptors (Lipinski definition) is 3. The lowest BCUT2D eigenvalue weighted by Gasteiger charge is -2.36. The standard InChI is InChI=1S/C13H16ClF3N4/c14-10-7-9(12(18)19)1-2-11(10)21-5-3-20(4-6-21)8-13(15,16)17/h1-2,7H,3-6,8H2,(H3,18,19). The molecule has 1 heterocycles. The number of amidine groups is 1. The zero-order valence-corrected chi connectivity index (χ0v) is 12.0. The Hall–Kier alpha value is -1.47. The van der Waals surface area contributed by atoms with E-state index in [4.69, 9.17) is 22.7 Å². The molecule has 1 aromatic carbocycles. The van der Waals surface area contributed by atoms with Crippen molar-refractivity contribution in [3.8, 4) is 0 Å². The number of piperazine rings is 1. The summed E-state index contributed by atoms with van der Waals surface area (Å²) >= 11 is 6.16. The Labute approximate surface area is 125 Å². The summed E-state index contributed by atoms with van der Waals surface area (Å²) in [7, 11) is 0. The zero-order chi connectivity index (χ0) is 15.6. The molecule has 0 atom stereocenters. The van der Waals surface area contributed by atoms with Gasteiger partial charge in [-0.3, -0.25) is 10.3 Å². The number of anilines is 1. The van der Waals surface area contributed by atoms with Crippen molar-refractivity contribution in [1.82, 2.24) is 4.90 Å². The number of hydrogen-bond donors (Lipinski definition) is 2. The van der Waals surface area contributed by atoms with E-state index in [0.29, 0.717) is 36.8 Å². The molecule has 4 nitrogen and oxygen atoms in total. The third-order valence-corrected chi connectivity index (χ3v) is 3.68. The number of nitrogen functional groups attached to an aromatic ring is 1. The van der Waals surface area contributed by atoms with Crippen molar-refractivity contribution in [3.63, 3.8) is 0 Å². The van der Waals surface area contributed by atoms with Gasteiger partial charge in [-0.15, -0.1) is 0 Å². The average molecular weight is 321 g/mol. The average Bonchev–Trinajstić information content (AvgIpc) is 2.38. The summed E-state index contributed by atoms with van der Waals surface area (Å²) in [4.78, 5) is 3.33. The topological polar surface area (TPSA) is 56.4 Å². The van der Waals surface area contributed by atoms with Gasteiger partial charge < -0.3 is 10.6 Å². The Kier molecular flexibility index (Phi) is 4.63. The first-order valence-corrected chi connectivity index (χ1v) is 6.82. The van der Waals surface area contributed by atoms with E-state index < -0.39 is 12.7 Å². The SMILES string of the molecule is N=C(N)c1ccc(N2CCN(CC(F)(F)F)CC2)c(Cl)c1. The van der Waals surface area contributed by atoms with Gasteiger partial charge in [-0.1, -0.05) is 11.6 Å². The van der Waals surface area contributed by atoms with Crippen LogP contribution < -0.4 is 10.6 Å². The first-order chi connectivity index (χ1) is 9.76. The fourth-order valence-electron chi connectivity index (χ4n) is 2.33. The van der Waals surface area contributed by atoms with E-state index in [2.05, 4.69) is 0 Å². The van der Waals surface area contributed by atoms with Crippen molar-refractivity contribution < 1.29 is 13.2 Å². The van der Waals surface area contributed by atoms with Gasteiger partial charge in [0, 0.05) is 31.7 Å². The van der Waals surface area contributed by atoms with E-state index in [0.717, 1.165) is 5.69 Å². The van der Waals surface area contributed by atoms with Gasteiger partial charge in [0.1, 0.15) is 5.84 Å². The molecule has 1 saturated heterocycles. The Morgan fingerprint density at radius 3 is 2.33 bits per heavy atom. The highest BCUT2D eigenvalue weighted by molar-refractivity contribution is 6.33. The van der Waals surface area contributed by atoms with Crippen molar-refractivity contribution in [1.29, 1.82) is 5.41 Å². The molecule has 0 bridgehead atoms. The number of rotatable bonds is 3. The van der Waals surface area contributed by atoms with Crippen LogP contribution in [0.5, 0.6) is 0 Å². The molecule has 1 fully saturated rings. The van der Waals surface area contributed by atoms with E-state index in [1.807, 2.05) is 4.90 Å². The van der Waals surface area contributed by atoms with Crippen molar-refractivity contribution in [2.24, 2.45) is 5.73 Å². The minimum absolute atomic E-state index is 0.0709. The summed E-state index contributed by atoms with van der Waals surface area (Å²) in [5.41, 5.74) is 6.67. The predicted molar refractivity (Wildman–Crippen MR) is 77.2 cm³/mol. The van der Waals surface area contributed by atoms with Crippen LogP contribution in [0.3, 0.4) is 0 Å². The van der Waals surface area contributed by atoms with Gasteiger partial charge >= 0.3 is 6.18 Å². The molecule has 0 unspecified atom stereocenters. The molecule has 21 heavy (non-hydrogen) atoms. The highest BCUT2D eigenvalue weighted by atomic mass is 35.5. The lowest BCUT2D eigenvalue weighted by molar-refractivity contribution is -0.146. The molecule has 0 aliphatic carbocycles. The third kappa shape index (κ3) is 4.25. The molecular formula is C13H16ClF3N4. The summed E-state index contributed by atoms with van der Waals surface area (Å²) in [5, 5.41) is 7.80. The molecule has 1 aliphatic heterocycles. The van der Waals surface area contributed by atoms with Crippen LogP contribution in [-0.2, 0) is 0 Å². The van der Waals surface area contributed by atoms with Crippen molar-refractivity contribution in [2.45, 2.75) is 6.18 Å². The molecule has 0 radical (unpaired) electrons. The highest BCUT2D eigenvalue weighted by Crippen LogP contribution is 2.28. The second-order valence-electron chi connectivity index (χ2n) is 4.96. The summed E-state index contributed by atoms with van der Waals surface area (Å²) < 4.78 is 37.0. The molecule has 2 rings (SSSR count). The van der Waals surface area contributed by atoms with Gasteiger partial charge in [0.15, 0.2) is 0 Å². The van der Waals surface area contributed by atoms with E-state index in [1.54, 1.807) is 18.2 Å². The van der Waals surface area contributed by atoms with Gasteiger partial charge in [0.05, 0.1) is 17.3 Å². The maximum absolute atomic E-state index is 12.3. The molecule has 3 N–H and O–H groups in total. The Morgan fingerprint density at radius 1 is 1.24 bits per heavy atom. The van der Waals surface area contributed by atoms with Crippen molar-refractivity contribution in [3.05, 3.63) is 28.8 Å². The molecule has 0 spiro atoms. The van der Waals surface area contributed by atoms with Crippen LogP contribution in [-0.4, -0.2) is 49.6 Å². The maximum atomic E-state index is 12.3. The molecular weight excluding hydrogens is 305 g/mol. The van der Waals surface area contributed by atoms with Crippen LogP contribution in [0.4, 0.5) is 18.9 Å². The molecule has 0 amide bonds. The second-order valence-corrected chi connectivity index (χ2v) is 5.37. The monoisotopic (exact) mass is 320 g/mol. The van der Waals surface area contributed by atoms with Crippen LogP contribution in [0.25, 0.3) is 0 Å². The predicted octanol–water partition coefficient (Wildman–Crippen LogP) is 2.31. The maximum Gasteiger partial charge on any atom is 0.401 e. The quantitative estimate of drug-likeness (QED) is 0.664. The Balaban J connectivity index is 2.01. The molecule has 0 saturated carbocycles. The lowest BCUT2D eigenvalue weighted by Crippen LogP contribution is -2.49. The molecule has 1 aromatic rings. The number of benzene rings is 1. The minimum atomic E-state index is -4.16. The van der Waals surface area contributed by atoms with Crippen LogP contribution >= 0.6 is 11.6 Å². The normalized spacial score (nSPS) is 17.0. The lowest BCUT2D eigenvalue weighted by atomic mass is 10.1. The van der Waals surface area contributed by atoms with Gasteiger partial charge in [-0.05, 0) is 18.2 Å². The van der Waals surface area contributed by atoms with E-state index >= 15 is 0 Å². The third-order valence-electron chi connectivity index (χ3n) is 3.37. The number of nitrogens with two attached hydrogens (primary N) is 1. The zero-order valence-electron chi connectivity index (χ0n) is 11.3. The first kappa shape index (κ1) is 15.9. The fourth-order valence-corrected chi connectivity index (χ4v) is 2.63. The highest BCUT2D eigenvalue weighted by Gasteiger charge is 2.32. The molecule has 1 aliphatic rings. The van der Waals surface area contributed by atoms with Crippen LogP contribution in [0, 0.1) is 5.41 Å². The van der Waals surface area contributed by atoms with Crippen molar-refractivity contribution >= 4 is 23.1 Å². The van der Waals surface area contributed by atoms with Gasteiger partial charge in [0.25, 0.3) is 0 Å². The summed E-state index contributed by atoms with van der Waals surface area (Å²) in [6.07, 6.45) is -4.16. The largest absolute Gasteiger partial charge is 0.401 e. The summed E-state index contributed by atoms with van der Waals surface area (Å²) in [6, 6.07) is 5.03. The van der Waals surface area contributed by atoms with E-state index in [9.17, 15) is 13.2 Å². The van der Waals surface area contributed by atoms with Crippen LogP contribution in [0.15, 0.2) is 18.2 Å². The summed E-state index contributed by atoms with van der Waals surface area (Å²) in [6.45, 7) is 0.761. The number of nitrogens with one attached hydrogen (secondary N) is 1. The first-order valence-electron chi connectivity index (χ1n) is 6.44. The van der Waals surface area contributed by atoms with Gasteiger partial charge in [0.2, 0.25) is 0 Å². The van der Waals surface area contributed by atoms with E-state index in [1.165, 1.54) is 4.90 Å². The van der Waals surface area contributed by atoms with Crippen LogP contribution in [0.2, 0.25) is 5.02 Å². The molecule has 0 aromatic heterocycles. The Bertz CT molecular complexity index is 525. The van der Waals surface area contributed by atoms with Crippen LogP contribution in [0.1, 0.15) is 5.56 Å². The minimum Gasteiger partial charge on any atom is -0.384 e. The molecule has 8 heteroatoms. The number of halogens is 4. The second kappa shape index (κ2) is 6.11. The fraction of sp³-hybridized carbons (Fsp3) is 0.462.